The highest BCUT2D eigenvalue weighted by Crippen LogP contribution is 2.19. The Bertz CT molecular complexity index is 698. The fourth-order valence-electron chi connectivity index (χ4n) is 3.69. The van der Waals surface area contributed by atoms with Crippen molar-refractivity contribution < 1.29 is 4.79 Å². The minimum Gasteiger partial charge on any atom is -0.336 e. The molecule has 0 spiro atoms. The number of hydrogen-bond acceptors (Lipinski definition) is 4. The van der Waals surface area contributed by atoms with Crippen LogP contribution in [0, 0.1) is 0 Å². The van der Waals surface area contributed by atoms with Gasteiger partial charge in [0.05, 0.1) is 11.1 Å². The van der Waals surface area contributed by atoms with E-state index in [-0.39, 0.29) is 5.91 Å². The Morgan fingerprint density at radius 3 is 2.74 bits per heavy atom. The zero-order valence-electron chi connectivity index (χ0n) is 13.2. The highest BCUT2D eigenvalue weighted by Gasteiger charge is 2.28. The number of fused-ring (bicyclic) bond motifs is 1. The maximum atomic E-state index is 12.9. The minimum absolute atomic E-state index is 0.110. The molecule has 0 aliphatic carbocycles. The van der Waals surface area contributed by atoms with Gasteiger partial charge in [0.15, 0.2) is 0 Å². The van der Waals surface area contributed by atoms with Crippen LogP contribution in [0.25, 0.3) is 10.9 Å². The van der Waals surface area contributed by atoms with Crippen molar-refractivity contribution in [3.8, 4) is 0 Å². The monoisotopic (exact) mass is 310 g/mol. The van der Waals surface area contributed by atoms with E-state index in [1.165, 1.54) is 6.42 Å². The van der Waals surface area contributed by atoms with Crippen LogP contribution < -0.4 is 5.32 Å². The van der Waals surface area contributed by atoms with Crippen LogP contribution in [-0.2, 0) is 0 Å². The smallest absolute Gasteiger partial charge is 0.256 e. The predicted octanol–water partition coefficient (Wildman–Crippen LogP) is 1.35. The van der Waals surface area contributed by atoms with Crippen LogP contribution in [0.15, 0.2) is 36.5 Å². The molecular formula is C18H22N4O. The van der Waals surface area contributed by atoms with Crippen molar-refractivity contribution in [2.45, 2.75) is 12.5 Å². The van der Waals surface area contributed by atoms with E-state index in [4.69, 9.17) is 0 Å². The molecule has 23 heavy (non-hydrogen) atoms. The van der Waals surface area contributed by atoms with Crippen molar-refractivity contribution >= 4 is 16.8 Å². The highest BCUT2D eigenvalue weighted by molar-refractivity contribution is 6.05. The molecule has 1 amide bonds. The van der Waals surface area contributed by atoms with Gasteiger partial charge in [-0.2, -0.15) is 0 Å². The minimum atomic E-state index is 0.110. The number of para-hydroxylation sites is 1. The molecule has 1 aromatic heterocycles. The van der Waals surface area contributed by atoms with Gasteiger partial charge >= 0.3 is 0 Å². The third-order valence-electron chi connectivity index (χ3n) is 5.02. The molecule has 0 saturated carbocycles. The first-order chi connectivity index (χ1) is 11.3. The van der Waals surface area contributed by atoms with Crippen LogP contribution in [0.5, 0.6) is 0 Å². The highest BCUT2D eigenvalue weighted by atomic mass is 16.2. The fraction of sp³-hybridized carbons (Fsp3) is 0.444. The number of piperazine rings is 1. The molecule has 3 heterocycles. The van der Waals surface area contributed by atoms with E-state index in [2.05, 4.69) is 15.2 Å². The van der Waals surface area contributed by atoms with Crippen molar-refractivity contribution in [2.75, 3.05) is 39.3 Å². The van der Waals surface area contributed by atoms with Gasteiger partial charge in [-0.25, -0.2) is 0 Å². The number of amides is 1. The average molecular weight is 310 g/mol. The van der Waals surface area contributed by atoms with Crippen LogP contribution >= 0.6 is 0 Å². The first-order valence-electron chi connectivity index (χ1n) is 8.41. The van der Waals surface area contributed by atoms with Crippen LogP contribution in [0.4, 0.5) is 0 Å². The second-order valence-corrected chi connectivity index (χ2v) is 6.36. The maximum absolute atomic E-state index is 12.9. The molecule has 5 nitrogen and oxygen atoms in total. The number of benzene rings is 1. The molecule has 2 aromatic rings. The van der Waals surface area contributed by atoms with Crippen molar-refractivity contribution in [3.63, 3.8) is 0 Å². The molecule has 5 heteroatoms. The van der Waals surface area contributed by atoms with E-state index in [9.17, 15) is 4.79 Å². The summed E-state index contributed by atoms with van der Waals surface area (Å²) in [5.74, 6) is 0.110. The van der Waals surface area contributed by atoms with Gasteiger partial charge in [-0.3, -0.25) is 14.7 Å². The lowest BCUT2D eigenvalue weighted by molar-refractivity contribution is 0.0585. The zero-order chi connectivity index (χ0) is 15.6. The summed E-state index contributed by atoms with van der Waals surface area (Å²) in [6.07, 6.45) is 2.98. The lowest BCUT2D eigenvalue weighted by Crippen LogP contribution is -2.52. The Kier molecular flexibility index (Phi) is 3.97. The Morgan fingerprint density at radius 1 is 1.13 bits per heavy atom. The Hall–Kier alpha value is -1.98. The first-order valence-corrected chi connectivity index (χ1v) is 8.41. The number of carbonyl (C=O) groups is 1. The molecule has 1 N–H and O–H groups in total. The van der Waals surface area contributed by atoms with Gasteiger partial charge in [-0.1, -0.05) is 18.2 Å². The van der Waals surface area contributed by atoms with Gasteiger partial charge in [0.2, 0.25) is 0 Å². The molecule has 2 aliphatic heterocycles. The summed E-state index contributed by atoms with van der Waals surface area (Å²) in [4.78, 5) is 21.8. The predicted molar refractivity (Wildman–Crippen MR) is 90.5 cm³/mol. The Labute approximate surface area is 136 Å². The van der Waals surface area contributed by atoms with Crippen LogP contribution in [0.3, 0.4) is 0 Å². The topological polar surface area (TPSA) is 48.5 Å². The largest absolute Gasteiger partial charge is 0.336 e. The Balaban J connectivity index is 1.49. The summed E-state index contributed by atoms with van der Waals surface area (Å²) in [5.41, 5.74) is 1.53. The van der Waals surface area contributed by atoms with E-state index in [1.54, 1.807) is 6.20 Å². The van der Waals surface area contributed by atoms with Crippen molar-refractivity contribution in [1.29, 1.82) is 0 Å². The third-order valence-corrected chi connectivity index (χ3v) is 5.02. The lowest BCUT2D eigenvalue weighted by atomic mass is 10.1. The van der Waals surface area contributed by atoms with E-state index < -0.39 is 0 Å². The normalized spacial score (nSPS) is 22.6. The van der Waals surface area contributed by atoms with Crippen LogP contribution in [0.1, 0.15) is 16.8 Å². The second kappa shape index (κ2) is 6.26. The van der Waals surface area contributed by atoms with Gasteiger partial charge in [0.1, 0.15) is 0 Å². The van der Waals surface area contributed by atoms with Crippen LogP contribution in [0.2, 0.25) is 0 Å². The summed E-state index contributed by atoms with van der Waals surface area (Å²) in [6, 6.07) is 10.4. The van der Waals surface area contributed by atoms with Gasteiger partial charge in [0.25, 0.3) is 5.91 Å². The molecule has 2 fully saturated rings. The molecule has 0 radical (unpaired) electrons. The summed E-state index contributed by atoms with van der Waals surface area (Å²) in [7, 11) is 0. The molecular weight excluding hydrogens is 288 g/mol. The maximum Gasteiger partial charge on any atom is 0.256 e. The fourth-order valence-corrected chi connectivity index (χ4v) is 3.69. The van der Waals surface area contributed by atoms with Crippen molar-refractivity contribution in [1.82, 2.24) is 20.1 Å². The quantitative estimate of drug-likeness (QED) is 0.910. The zero-order valence-corrected chi connectivity index (χ0v) is 13.2. The van der Waals surface area contributed by atoms with Crippen molar-refractivity contribution in [2.24, 2.45) is 0 Å². The van der Waals surface area contributed by atoms with E-state index >= 15 is 0 Å². The molecule has 1 aromatic carbocycles. The van der Waals surface area contributed by atoms with Gasteiger partial charge in [-0.05, 0) is 25.1 Å². The molecule has 120 valence electrons. The number of carbonyl (C=O) groups excluding carboxylic acids is 1. The molecule has 2 saturated heterocycles. The van der Waals surface area contributed by atoms with Crippen molar-refractivity contribution in [3.05, 3.63) is 42.1 Å². The molecule has 1 unspecified atom stereocenters. The summed E-state index contributed by atoms with van der Waals surface area (Å²) in [5, 5.41) is 4.44. The number of nitrogens with one attached hydrogen (secondary N) is 1. The molecule has 4 rings (SSSR count). The van der Waals surface area contributed by atoms with Crippen LogP contribution in [-0.4, -0.2) is 66.0 Å². The van der Waals surface area contributed by atoms with Gasteiger partial charge in [0, 0.05) is 50.3 Å². The first kappa shape index (κ1) is 14.6. The molecule has 0 bridgehead atoms. The second-order valence-electron chi connectivity index (χ2n) is 6.36. The summed E-state index contributed by atoms with van der Waals surface area (Å²) < 4.78 is 0. The molecule has 2 aliphatic rings. The number of pyridine rings is 1. The average Bonchev–Trinajstić information content (AvgIpc) is 3.15. The third kappa shape index (κ3) is 2.82. The number of aromatic nitrogens is 1. The number of rotatable bonds is 2. The standard InChI is InChI=1S/C18H22N4O/c23-18(16-5-1-3-14-4-2-7-20-17(14)16)22-11-9-21(10-12-22)15-6-8-19-13-15/h1-5,7,15,19H,6,8-13H2. The summed E-state index contributed by atoms with van der Waals surface area (Å²) in [6.45, 7) is 5.75. The number of hydrogen-bond donors (Lipinski definition) is 1. The van der Waals surface area contributed by atoms with E-state index in [0.29, 0.717) is 6.04 Å². The van der Waals surface area contributed by atoms with Gasteiger partial charge in [-0.15, -0.1) is 0 Å². The van der Waals surface area contributed by atoms with E-state index in [0.717, 1.165) is 55.7 Å². The van der Waals surface area contributed by atoms with Gasteiger partial charge < -0.3 is 10.2 Å². The number of nitrogens with zero attached hydrogens (tertiary/aromatic N) is 3. The molecule has 1 atom stereocenters. The SMILES string of the molecule is O=C(c1cccc2cccnc12)N1CCN(C2CCNC2)CC1. The van der Waals surface area contributed by atoms with E-state index in [1.807, 2.05) is 35.2 Å². The lowest BCUT2D eigenvalue weighted by Gasteiger charge is -2.37. The summed E-state index contributed by atoms with van der Waals surface area (Å²) >= 11 is 0. The Morgan fingerprint density at radius 2 is 1.96 bits per heavy atom.